The predicted octanol–water partition coefficient (Wildman–Crippen LogP) is 6.64. The van der Waals surface area contributed by atoms with Gasteiger partial charge in [-0.05, 0) is 48.8 Å². The highest BCUT2D eigenvalue weighted by atomic mass is 16.6. The van der Waals surface area contributed by atoms with Crippen LogP contribution in [-0.2, 0) is 19.7 Å². The lowest BCUT2D eigenvalue weighted by atomic mass is 9.75. The summed E-state index contributed by atoms with van der Waals surface area (Å²) in [6, 6.07) is 13.3. The molecule has 0 saturated heterocycles. The number of unbranched alkanes of at least 4 members (excludes halogenated alkanes) is 2. The lowest BCUT2D eigenvalue weighted by molar-refractivity contribution is -0.142. The standard InChI is InChI=1S/C32H41N3O4/c36-30(39-31(37)35-22-11-9-15-26-13-4-1-5-14-26)32(29-34-23-24-38-29,28-18-7-2-8-19-28)20-10-3-6-16-27-17-12-21-33-25-27/h2,6-8,12,16-19,21,25-26H,1,3-5,9-11,13-15,20,22-24H2,(H,35,37). The summed E-state index contributed by atoms with van der Waals surface area (Å²) in [6.45, 7) is 1.38. The van der Waals surface area contributed by atoms with Crippen molar-refractivity contribution >= 4 is 24.0 Å². The number of ether oxygens (including phenoxy) is 2. The Morgan fingerprint density at radius 3 is 2.64 bits per heavy atom. The van der Waals surface area contributed by atoms with E-state index in [1.165, 1.54) is 38.5 Å². The fourth-order valence-corrected chi connectivity index (χ4v) is 5.61. The van der Waals surface area contributed by atoms with Crippen LogP contribution in [0.4, 0.5) is 4.79 Å². The van der Waals surface area contributed by atoms with E-state index in [0.29, 0.717) is 44.0 Å². The summed E-state index contributed by atoms with van der Waals surface area (Å²) in [5.74, 6) is 0.505. The van der Waals surface area contributed by atoms with Crippen molar-refractivity contribution in [1.82, 2.24) is 10.3 Å². The van der Waals surface area contributed by atoms with Gasteiger partial charge in [0.2, 0.25) is 5.90 Å². The number of nitrogens with zero attached hydrogens (tertiary/aromatic N) is 2. The molecule has 208 valence electrons. The van der Waals surface area contributed by atoms with Crippen molar-refractivity contribution in [2.45, 2.75) is 76.0 Å². The Hall–Kier alpha value is -3.48. The number of carbonyl (C=O) groups excluding carboxylic acids is 2. The summed E-state index contributed by atoms with van der Waals surface area (Å²) in [4.78, 5) is 35.1. The Morgan fingerprint density at radius 2 is 1.90 bits per heavy atom. The monoisotopic (exact) mass is 531 g/mol. The van der Waals surface area contributed by atoms with Crippen LogP contribution in [0.25, 0.3) is 6.08 Å². The first-order chi connectivity index (χ1) is 19.2. The fourth-order valence-electron chi connectivity index (χ4n) is 5.61. The Bertz CT molecular complexity index is 1100. The topological polar surface area (TPSA) is 89.9 Å². The molecule has 1 atom stereocenters. The van der Waals surface area contributed by atoms with Crippen LogP contribution in [0, 0.1) is 5.92 Å². The highest BCUT2D eigenvalue weighted by molar-refractivity contribution is 6.11. The van der Waals surface area contributed by atoms with Gasteiger partial charge < -0.3 is 14.8 Å². The van der Waals surface area contributed by atoms with Crippen LogP contribution in [0.1, 0.15) is 81.8 Å². The molecule has 39 heavy (non-hydrogen) atoms. The molecule has 1 saturated carbocycles. The minimum Gasteiger partial charge on any atom is -0.478 e. The number of pyridine rings is 1. The average Bonchev–Trinajstić information content (AvgIpc) is 3.52. The number of hydrogen-bond acceptors (Lipinski definition) is 6. The summed E-state index contributed by atoms with van der Waals surface area (Å²) < 4.78 is 11.3. The average molecular weight is 532 g/mol. The van der Waals surface area contributed by atoms with Gasteiger partial charge in [0.1, 0.15) is 6.61 Å². The molecule has 1 N–H and O–H groups in total. The van der Waals surface area contributed by atoms with Gasteiger partial charge in [0.05, 0.1) is 6.54 Å². The molecule has 0 spiro atoms. The predicted molar refractivity (Wildman–Crippen MR) is 153 cm³/mol. The van der Waals surface area contributed by atoms with Crippen LogP contribution in [0.2, 0.25) is 0 Å². The molecule has 0 radical (unpaired) electrons. The fraction of sp³-hybridized carbons (Fsp3) is 0.500. The van der Waals surface area contributed by atoms with Crippen molar-refractivity contribution in [1.29, 1.82) is 0 Å². The Balaban J connectivity index is 1.37. The maximum Gasteiger partial charge on any atom is 0.414 e. The lowest BCUT2D eigenvalue weighted by Crippen LogP contribution is -2.47. The van der Waals surface area contributed by atoms with E-state index < -0.39 is 17.5 Å². The highest BCUT2D eigenvalue weighted by Gasteiger charge is 2.49. The first-order valence-electron chi connectivity index (χ1n) is 14.5. The van der Waals surface area contributed by atoms with Crippen LogP contribution in [-0.4, -0.2) is 42.6 Å². The molecule has 1 amide bonds. The normalized spacial score (nSPS) is 17.3. The third-order valence-corrected chi connectivity index (χ3v) is 7.70. The SMILES string of the molecule is O=C(NCCCCC1CCCCC1)OC(=O)C(CCCC=Cc1cccnc1)(C1=NCCO1)c1ccccc1. The van der Waals surface area contributed by atoms with Crippen molar-refractivity contribution in [3.8, 4) is 0 Å². The maximum absolute atomic E-state index is 13.8. The Labute approximate surface area is 232 Å². The number of alkyl carbamates (subject to hydrolysis) is 1. The summed E-state index contributed by atoms with van der Waals surface area (Å²) in [5, 5.41) is 2.78. The molecule has 7 heteroatoms. The summed E-state index contributed by atoms with van der Waals surface area (Å²) in [7, 11) is 0. The number of nitrogens with one attached hydrogen (secondary N) is 1. The van der Waals surface area contributed by atoms with Gasteiger partial charge in [0.25, 0.3) is 0 Å². The Kier molecular flexibility index (Phi) is 11.1. The number of allylic oxidation sites excluding steroid dienone is 1. The van der Waals surface area contributed by atoms with E-state index in [2.05, 4.69) is 21.4 Å². The quantitative estimate of drug-likeness (QED) is 0.178. The zero-order valence-electron chi connectivity index (χ0n) is 22.9. The molecule has 2 aromatic rings. The first kappa shape index (κ1) is 28.5. The van der Waals surface area contributed by atoms with Crippen LogP contribution >= 0.6 is 0 Å². The minimum absolute atomic E-state index is 0.329. The maximum atomic E-state index is 13.8. The second-order valence-corrected chi connectivity index (χ2v) is 10.5. The van der Waals surface area contributed by atoms with E-state index in [0.717, 1.165) is 30.7 Å². The molecule has 1 aromatic carbocycles. The molecule has 0 bridgehead atoms. The second-order valence-electron chi connectivity index (χ2n) is 10.5. The zero-order valence-corrected chi connectivity index (χ0v) is 22.9. The Morgan fingerprint density at radius 1 is 1.05 bits per heavy atom. The van der Waals surface area contributed by atoms with E-state index in [1.807, 2.05) is 48.5 Å². The largest absolute Gasteiger partial charge is 0.478 e. The molecule has 1 aromatic heterocycles. The van der Waals surface area contributed by atoms with Gasteiger partial charge in [0, 0.05) is 18.9 Å². The van der Waals surface area contributed by atoms with Gasteiger partial charge in [-0.2, -0.15) is 0 Å². The smallest absolute Gasteiger partial charge is 0.414 e. The van der Waals surface area contributed by atoms with Crippen LogP contribution in [0.3, 0.4) is 0 Å². The summed E-state index contributed by atoms with van der Waals surface area (Å²) >= 11 is 0. The molecule has 4 rings (SSSR count). The van der Waals surface area contributed by atoms with E-state index in [9.17, 15) is 9.59 Å². The lowest BCUT2D eigenvalue weighted by Gasteiger charge is -2.30. The number of hydrogen-bond donors (Lipinski definition) is 1. The van der Waals surface area contributed by atoms with Gasteiger partial charge >= 0.3 is 12.1 Å². The third kappa shape index (κ3) is 8.25. The molecule has 1 unspecified atom stereocenters. The molecule has 2 heterocycles. The third-order valence-electron chi connectivity index (χ3n) is 7.70. The van der Waals surface area contributed by atoms with E-state index in [-0.39, 0.29) is 0 Å². The van der Waals surface area contributed by atoms with E-state index >= 15 is 0 Å². The summed E-state index contributed by atoms with van der Waals surface area (Å²) in [5.41, 5.74) is 0.454. The number of esters is 1. The number of benzene rings is 1. The number of aromatic nitrogens is 1. The van der Waals surface area contributed by atoms with E-state index in [4.69, 9.17) is 9.47 Å². The first-order valence-corrected chi connectivity index (χ1v) is 14.5. The number of rotatable bonds is 13. The van der Waals surface area contributed by atoms with Crippen LogP contribution in [0.5, 0.6) is 0 Å². The molecule has 1 fully saturated rings. The van der Waals surface area contributed by atoms with Crippen molar-refractivity contribution in [2.24, 2.45) is 10.9 Å². The van der Waals surface area contributed by atoms with Gasteiger partial charge in [-0.15, -0.1) is 0 Å². The van der Waals surface area contributed by atoms with Crippen molar-refractivity contribution in [3.63, 3.8) is 0 Å². The highest BCUT2D eigenvalue weighted by Crippen LogP contribution is 2.36. The van der Waals surface area contributed by atoms with Crippen molar-refractivity contribution < 1.29 is 19.1 Å². The molecule has 7 nitrogen and oxygen atoms in total. The number of aliphatic imine (C=N–C) groups is 1. The van der Waals surface area contributed by atoms with Gasteiger partial charge in [-0.1, -0.05) is 93.5 Å². The molecular weight excluding hydrogens is 490 g/mol. The van der Waals surface area contributed by atoms with E-state index in [1.54, 1.807) is 12.4 Å². The second kappa shape index (κ2) is 15.2. The van der Waals surface area contributed by atoms with Crippen molar-refractivity contribution in [2.75, 3.05) is 19.7 Å². The molecule has 2 aliphatic rings. The molecule has 1 aliphatic heterocycles. The van der Waals surface area contributed by atoms with Crippen LogP contribution < -0.4 is 5.32 Å². The minimum atomic E-state index is -1.28. The van der Waals surface area contributed by atoms with Gasteiger partial charge in [0.15, 0.2) is 5.41 Å². The van der Waals surface area contributed by atoms with Crippen molar-refractivity contribution in [3.05, 3.63) is 72.1 Å². The zero-order chi connectivity index (χ0) is 27.2. The summed E-state index contributed by atoms with van der Waals surface area (Å²) in [6.07, 6.45) is 18.6. The van der Waals surface area contributed by atoms with Crippen LogP contribution in [0.15, 0.2) is 65.9 Å². The van der Waals surface area contributed by atoms with Gasteiger partial charge in [-0.3, -0.25) is 9.98 Å². The number of amides is 1. The molecular formula is C32H41N3O4. The molecule has 1 aliphatic carbocycles. The number of carbonyl (C=O) groups is 2. The van der Waals surface area contributed by atoms with Gasteiger partial charge in [-0.25, -0.2) is 9.59 Å².